The molecule has 2 heterocycles. The maximum absolute atomic E-state index is 10.9. The van der Waals surface area contributed by atoms with Crippen molar-refractivity contribution < 1.29 is 9.90 Å². The maximum atomic E-state index is 10.9. The normalized spacial score (nSPS) is 10.3. The van der Waals surface area contributed by atoms with Crippen molar-refractivity contribution in [1.29, 1.82) is 0 Å². The van der Waals surface area contributed by atoms with Crippen LogP contribution in [0.15, 0.2) is 35.9 Å². The van der Waals surface area contributed by atoms with Crippen LogP contribution in [0.3, 0.4) is 0 Å². The van der Waals surface area contributed by atoms with Crippen LogP contribution in [0, 0.1) is 0 Å². The Kier molecular flexibility index (Phi) is 4.11. The fourth-order valence-electron chi connectivity index (χ4n) is 1.20. The van der Waals surface area contributed by atoms with E-state index in [1.54, 1.807) is 12.4 Å². The molecule has 0 radical (unpaired) electrons. The van der Waals surface area contributed by atoms with E-state index < -0.39 is 5.97 Å². The minimum atomic E-state index is -1.16. The highest BCUT2D eigenvalue weighted by molar-refractivity contribution is 7.98. The molecule has 0 aliphatic heterocycles. The number of halogens is 1. The summed E-state index contributed by atoms with van der Waals surface area (Å²) < 4.78 is 0. The number of nitrogens with zero attached hydrogens (tertiary/aromatic N) is 3. The van der Waals surface area contributed by atoms with Gasteiger partial charge in [-0.05, 0) is 17.7 Å². The molecule has 0 spiro atoms. The monoisotopic (exact) mass is 281 g/mol. The SMILES string of the molecule is O=C(O)c1nc(SCc2ccncc2)ncc1Cl. The lowest BCUT2D eigenvalue weighted by atomic mass is 10.3. The van der Waals surface area contributed by atoms with Crippen LogP contribution in [-0.2, 0) is 5.75 Å². The van der Waals surface area contributed by atoms with Gasteiger partial charge in [-0.3, -0.25) is 4.98 Å². The number of carboxylic acid groups (broad SMARTS) is 1. The van der Waals surface area contributed by atoms with Crippen LogP contribution in [0.5, 0.6) is 0 Å². The first kappa shape index (κ1) is 12.8. The average molecular weight is 282 g/mol. The molecule has 2 rings (SSSR count). The highest BCUT2D eigenvalue weighted by Crippen LogP contribution is 2.21. The Morgan fingerprint density at radius 3 is 2.78 bits per heavy atom. The van der Waals surface area contributed by atoms with Gasteiger partial charge in [-0.2, -0.15) is 0 Å². The van der Waals surface area contributed by atoms with Crippen molar-refractivity contribution in [2.24, 2.45) is 0 Å². The molecule has 0 atom stereocenters. The van der Waals surface area contributed by atoms with Gasteiger partial charge in [0.05, 0.1) is 11.2 Å². The van der Waals surface area contributed by atoms with Crippen molar-refractivity contribution in [1.82, 2.24) is 15.0 Å². The Morgan fingerprint density at radius 2 is 2.11 bits per heavy atom. The van der Waals surface area contributed by atoms with E-state index >= 15 is 0 Å². The van der Waals surface area contributed by atoms with Crippen LogP contribution in [0.4, 0.5) is 0 Å². The van der Waals surface area contributed by atoms with Crippen LogP contribution in [-0.4, -0.2) is 26.0 Å². The predicted molar refractivity (Wildman–Crippen MR) is 67.8 cm³/mol. The first-order chi connectivity index (χ1) is 8.66. The fraction of sp³-hybridized carbons (Fsp3) is 0.0909. The predicted octanol–water partition coefficient (Wildman–Crippen LogP) is 2.52. The molecule has 0 saturated carbocycles. The number of aromatic carboxylic acids is 1. The second-order valence-corrected chi connectivity index (χ2v) is 4.65. The highest BCUT2D eigenvalue weighted by atomic mass is 35.5. The van der Waals surface area contributed by atoms with E-state index in [0.29, 0.717) is 10.9 Å². The Labute approximate surface area is 112 Å². The Hall–Kier alpha value is -1.66. The second-order valence-electron chi connectivity index (χ2n) is 3.30. The standard InChI is InChI=1S/C11H8ClN3O2S/c12-8-5-14-11(15-9(8)10(16)17)18-6-7-1-3-13-4-2-7/h1-5H,6H2,(H,16,17). The first-order valence-electron chi connectivity index (χ1n) is 4.94. The van der Waals surface area contributed by atoms with Gasteiger partial charge in [0, 0.05) is 18.1 Å². The van der Waals surface area contributed by atoms with Gasteiger partial charge in [-0.15, -0.1) is 0 Å². The van der Waals surface area contributed by atoms with Crippen LogP contribution < -0.4 is 0 Å². The summed E-state index contributed by atoms with van der Waals surface area (Å²) >= 11 is 7.03. The van der Waals surface area contributed by atoms with Crippen molar-refractivity contribution in [2.75, 3.05) is 0 Å². The summed E-state index contributed by atoms with van der Waals surface area (Å²) in [5.41, 5.74) is 0.884. The number of pyridine rings is 1. The van der Waals surface area contributed by atoms with Gasteiger partial charge < -0.3 is 5.11 Å². The van der Waals surface area contributed by atoms with E-state index in [9.17, 15) is 4.79 Å². The smallest absolute Gasteiger partial charge is 0.356 e. The zero-order valence-corrected chi connectivity index (χ0v) is 10.6. The molecule has 5 nitrogen and oxygen atoms in total. The van der Waals surface area contributed by atoms with Crippen LogP contribution >= 0.6 is 23.4 Å². The van der Waals surface area contributed by atoms with Gasteiger partial charge in [0.2, 0.25) is 0 Å². The topological polar surface area (TPSA) is 76.0 Å². The minimum absolute atomic E-state index is 0.0377. The summed E-state index contributed by atoms with van der Waals surface area (Å²) in [5.74, 6) is -0.517. The lowest BCUT2D eigenvalue weighted by Crippen LogP contribution is -2.03. The van der Waals surface area contributed by atoms with E-state index in [1.165, 1.54) is 18.0 Å². The first-order valence-corrected chi connectivity index (χ1v) is 6.30. The van der Waals surface area contributed by atoms with Gasteiger partial charge in [0.15, 0.2) is 10.9 Å². The molecule has 0 aliphatic carbocycles. The summed E-state index contributed by atoms with van der Waals surface area (Å²) in [6.45, 7) is 0. The van der Waals surface area contributed by atoms with Crippen LogP contribution in [0.2, 0.25) is 5.02 Å². The molecular formula is C11H8ClN3O2S. The van der Waals surface area contributed by atoms with E-state index in [0.717, 1.165) is 5.56 Å². The number of rotatable bonds is 4. The molecule has 18 heavy (non-hydrogen) atoms. The van der Waals surface area contributed by atoms with Crippen molar-refractivity contribution >= 4 is 29.3 Å². The molecule has 0 aliphatic rings. The molecule has 1 N–H and O–H groups in total. The molecular weight excluding hydrogens is 274 g/mol. The zero-order chi connectivity index (χ0) is 13.0. The summed E-state index contributed by atoms with van der Waals surface area (Å²) in [7, 11) is 0. The van der Waals surface area contributed by atoms with Crippen LogP contribution in [0.1, 0.15) is 16.1 Å². The Balaban J connectivity index is 2.11. The third-order valence-electron chi connectivity index (χ3n) is 2.04. The Morgan fingerprint density at radius 1 is 1.39 bits per heavy atom. The van der Waals surface area contributed by atoms with E-state index in [1.807, 2.05) is 12.1 Å². The summed E-state index contributed by atoms with van der Waals surface area (Å²) in [4.78, 5) is 22.6. The fourth-order valence-corrected chi connectivity index (χ4v) is 2.14. The van der Waals surface area contributed by atoms with Crippen molar-refractivity contribution in [2.45, 2.75) is 10.9 Å². The van der Waals surface area contributed by atoms with Gasteiger partial charge in [-0.25, -0.2) is 14.8 Å². The molecule has 2 aromatic rings. The van der Waals surface area contributed by atoms with E-state index in [-0.39, 0.29) is 10.7 Å². The van der Waals surface area contributed by atoms with Gasteiger partial charge in [-0.1, -0.05) is 23.4 Å². The van der Waals surface area contributed by atoms with Crippen molar-refractivity contribution in [3.05, 3.63) is 47.0 Å². The molecule has 0 bridgehead atoms. The Bertz CT molecular complexity index is 565. The number of aromatic nitrogens is 3. The van der Waals surface area contributed by atoms with E-state index in [2.05, 4.69) is 15.0 Å². The molecule has 2 aromatic heterocycles. The lowest BCUT2D eigenvalue weighted by molar-refractivity contribution is 0.0689. The molecule has 0 fully saturated rings. The van der Waals surface area contributed by atoms with Gasteiger partial charge in [0.25, 0.3) is 0 Å². The number of thioether (sulfide) groups is 1. The third-order valence-corrected chi connectivity index (χ3v) is 3.25. The van der Waals surface area contributed by atoms with Crippen LogP contribution in [0.25, 0.3) is 0 Å². The highest BCUT2D eigenvalue weighted by Gasteiger charge is 2.12. The quantitative estimate of drug-likeness (QED) is 0.685. The van der Waals surface area contributed by atoms with Gasteiger partial charge >= 0.3 is 5.97 Å². The molecule has 0 saturated heterocycles. The van der Waals surface area contributed by atoms with Gasteiger partial charge in [0.1, 0.15) is 0 Å². The third kappa shape index (κ3) is 3.18. The molecule has 0 unspecified atom stereocenters. The maximum Gasteiger partial charge on any atom is 0.356 e. The number of hydrogen-bond donors (Lipinski definition) is 1. The summed E-state index contributed by atoms with van der Waals surface area (Å²) in [5, 5.41) is 9.30. The summed E-state index contributed by atoms with van der Waals surface area (Å²) in [6, 6.07) is 3.75. The largest absolute Gasteiger partial charge is 0.476 e. The van der Waals surface area contributed by atoms with Crippen molar-refractivity contribution in [3.63, 3.8) is 0 Å². The van der Waals surface area contributed by atoms with E-state index in [4.69, 9.17) is 16.7 Å². The van der Waals surface area contributed by atoms with Crippen molar-refractivity contribution in [3.8, 4) is 0 Å². The molecule has 92 valence electrons. The molecule has 7 heteroatoms. The lowest BCUT2D eigenvalue weighted by Gasteiger charge is -2.02. The number of carboxylic acids is 1. The zero-order valence-electron chi connectivity index (χ0n) is 9.08. The number of carbonyl (C=O) groups is 1. The average Bonchev–Trinajstić information content (AvgIpc) is 2.38. The molecule has 0 aromatic carbocycles. The molecule has 0 amide bonds. The summed E-state index contributed by atoms with van der Waals surface area (Å²) in [6.07, 6.45) is 4.69. The number of hydrogen-bond acceptors (Lipinski definition) is 5. The minimum Gasteiger partial charge on any atom is -0.476 e. The second kappa shape index (κ2) is 5.79.